The van der Waals surface area contributed by atoms with Crippen molar-refractivity contribution in [2.75, 3.05) is 12.3 Å². The molecule has 2 nitrogen and oxygen atoms in total. The molecule has 2 aliphatic rings. The lowest BCUT2D eigenvalue weighted by atomic mass is 10.2. The van der Waals surface area contributed by atoms with Crippen molar-refractivity contribution in [1.29, 1.82) is 0 Å². The third kappa shape index (κ3) is 0.748. The van der Waals surface area contributed by atoms with Crippen molar-refractivity contribution >= 4 is 17.0 Å². The van der Waals surface area contributed by atoms with Crippen LogP contribution in [-0.4, -0.2) is 28.5 Å². The Morgan fingerprint density at radius 2 is 2.56 bits per heavy atom. The van der Waals surface area contributed by atoms with Crippen molar-refractivity contribution in [3.63, 3.8) is 0 Å². The minimum absolute atomic E-state index is 0.303. The predicted molar refractivity (Wildman–Crippen MR) is 37.6 cm³/mol. The van der Waals surface area contributed by atoms with E-state index in [0.717, 1.165) is 12.3 Å². The highest BCUT2D eigenvalue weighted by atomic mass is 32.2. The van der Waals surface area contributed by atoms with E-state index >= 15 is 0 Å². The molecule has 0 N–H and O–H groups in total. The zero-order valence-corrected chi connectivity index (χ0v) is 5.99. The number of fused-ring (bicyclic) bond motifs is 1. The molecule has 1 atom stereocenters. The van der Waals surface area contributed by atoms with Crippen LogP contribution in [0.25, 0.3) is 0 Å². The molecule has 0 unspecified atom stereocenters. The highest BCUT2D eigenvalue weighted by Crippen LogP contribution is 2.31. The largest absolute Gasteiger partial charge is 0.330 e. The average molecular weight is 143 g/mol. The molecule has 2 heterocycles. The number of rotatable bonds is 0. The van der Waals surface area contributed by atoms with Gasteiger partial charge in [-0.15, -0.1) is 0 Å². The van der Waals surface area contributed by atoms with Gasteiger partial charge in [-0.25, -0.2) is 0 Å². The van der Waals surface area contributed by atoms with Crippen molar-refractivity contribution in [2.45, 2.75) is 18.9 Å². The smallest absolute Gasteiger partial charge is 0.281 e. The van der Waals surface area contributed by atoms with Gasteiger partial charge in [-0.3, -0.25) is 4.79 Å². The minimum atomic E-state index is 0.303. The second kappa shape index (κ2) is 1.90. The molecule has 50 valence electrons. The first kappa shape index (κ1) is 5.59. The topological polar surface area (TPSA) is 20.3 Å². The maximum atomic E-state index is 10.9. The summed E-state index contributed by atoms with van der Waals surface area (Å²) in [6.45, 7) is 1.01. The molecule has 0 radical (unpaired) electrons. The van der Waals surface area contributed by atoms with E-state index in [1.165, 1.54) is 24.6 Å². The Labute approximate surface area is 58.6 Å². The molecule has 1 amide bonds. The van der Waals surface area contributed by atoms with Crippen molar-refractivity contribution in [3.05, 3.63) is 0 Å². The molecule has 9 heavy (non-hydrogen) atoms. The van der Waals surface area contributed by atoms with E-state index in [-0.39, 0.29) is 0 Å². The molecule has 0 aliphatic carbocycles. The van der Waals surface area contributed by atoms with Crippen LogP contribution in [0, 0.1) is 0 Å². The number of thioether (sulfide) groups is 1. The lowest BCUT2D eigenvalue weighted by Crippen LogP contribution is -2.26. The van der Waals surface area contributed by atoms with Gasteiger partial charge in [0.25, 0.3) is 5.24 Å². The van der Waals surface area contributed by atoms with Crippen molar-refractivity contribution in [1.82, 2.24) is 4.90 Å². The summed E-state index contributed by atoms with van der Waals surface area (Å²) in [6.07, 6.45) is 2.45. The molecule has 2 saturated heterocycles. The fourth-order valence-electron chi connectivity index (χ4n) is 1.50. The number of amides is 1. The summed E-state index contributed by atoms with van der Waals surface area (Å²) in [6, 6.07) is 0.600. The highest BCUT2D eigenvalue weighted by molar-refractivity contribution is 8.13. The van der Waals surface area contributed by atoms with Crippen LogP contribution >= 0.6 is 11.8 Å². The van der Waals surface area contributed by atoms with Crippen LogP contribution in [0.15, 0.2) is 0 Å². The summed E-state index contributed by atoms with van der Waals surface area (Å²) in [7, 11) is 0. The standard InChI is InChI=1S/C6H9NOS/c8-6-7-3-1-2-5(7)4-9-6/h5H,1-4H2/t5-/m0/s1. The fourth-order valence-corrected chi connectivity index (χ4v) is 2.59. The number of hydrogen-bond donors (Lipinski definition) is 0. The Morgan fingerprint density at radius 1 is 1.67 bits per heavy atom. The highest BCUT2D eigenvalue weighted by Gasteiger charge is 2.34. The summed E-state index contributed by atoms with van der Waals surface area (Å²) < 4.78 is 0. The number of nitrogens with zero attached hydrogens (tertiary/aromatic N) is 1. The van der Waals surface area contributed by atoms with Crippen LogP contribution in [0.4, 0.5) is 4.79 Å². The fraction of sp³-hybridized carbons (Fsp3) is 0.833. The van der Waals surface area contributed by atoms with Gasteiger partial charge < -0.3 is 4.90 Å². The van der Waals surface area contributed by atoms with Gasteiger partial charge >= 0.3 is 0 Å². The molecule has 3 heteroatoms. The van der Waals surface area contributed by atoms with E-state index in [2.05, 4.69) is 0 Å². The average Bonchev–Trinajstić information content (AvgIpc) is 2.35. The van der Waals surface area contributed by atoms with Crippen LogP contribution in [-0.2, 0) is 0 Å². The second-order valence-electron chi connectivity index (χ2n) is 2.57. The Morgan fingerprint density at radius 3 is 3.33 bits per heavy atom. The lowest BCUT2D eigenvalue weighted by Gasteiger charge is -2.11. The van der Waals surface area contributed by atoms with Crippen LogP contribution in [0.2, 0.25) is 0 Å². The Bertz CT molecular complexity index is 148. The van der Waals surface area contributed by atoms with Crippen molar-refractivity contribution in [2.24, 2.45) is 0 Å². The predicted octanol–water partition coefficient (Wildman–Crippen LogP) is 1.32. The summed E-state index contributed by atoms with van der Waals surface area (Å²) in [5, 5.41) is 0.303. The SMILES string of the molecule is O=C1SC[C@@H]2CCCN12. The first-order chi connectivity index (χ1) is 4.38. The van der Waals surface area contributed by atoms with E-state index in [1.807, 2.05) is 4.90 Å². The van der Waals surface area contributed by atoms with E-state index in [1.54, 1.807) is 0 Å². The van der Waals surface area contributed by atoms with Crippen LogP contribution in [0.3, 0.4) is 0 Å². The van der Waals surface area contributed by atoms with Gasteiger partial charge in [0.2, 0.25) is 0 Å². The summed E-state index contributed by atoms with van der Waals surface area (Å²) in [4.78, 5) is 12.9. The summed E-state index contributed by atoms with van der Waals surface area (Å²) >= 11 is 1.48. The minimum Gasteiger partial charge on any atom is -0.330 e. The molecule has 0 aromatic heterocycles. The number of carbonyl (C=O) groups excluding carboxylic acids is 1. The molecule has 2 aliphatic heterocycles. The van der Waals surface area contributed by atoms with Crippen molar-refractivity contribution < 1.29 is 4.79 Å². The van der Waals surface area contributed by atoms with Crippen LogP contribution < -0.4 is 0 Å². The zero-order chi connectivity index (χ0) is 6.27. The molecule has 2 fully saturated rings. The zero-order valence-electron chi connectivity index (χ0n) is 5.17. The van der Waals surface area contributed by atoms with E-state index in [0.29, 0.717) is 11.3 Å². The monoisotopic (exact) mass is 143 g/mol. The van der Waals surface area contributed by atoms with Gasteiger partial charge in [-0.1, -0.05) is 11.8 Å². The van der Waals surface area contributed by atoms with Crippen LogP contribution in [0.5, 0.6) is 0 Å². The second-order valence-corrected chi connectivity index (χ2v) is 3.54. The molecule has 2 rings (SSSR count). The molecule has 0 bridgehead atoms. The summed E-state index contributed by atoms with van der Waals surface area (Å²) in [5.41, 5.74) is 0. The molecule has 0 aromatic carbocycles. The molecule has 0 saturated carbocycles. The first-order valence-corrected chi connectivity index (χ1v) is 4.30. The van der Waals surface area contributed by atoms with Gasteiger partial charge in [0.1, 0.15) is 0 Å². The van der Waals surface area contributed by atoms with E-state index in [9.17, 15) is 4.79 Å². The Kier molecular flexibility index (Phi) is 1.18. The quantitative estimate of drug-likeness (QED) is 0.509. The first-order valence-electron chi connectivity index (χ1n) is 3.31. The Hall–Kier alpha value is -0.180. The summed E-state index contributed by atoms with van der Waals surface area (Å²) in [5.74, 6) is 1.04. The van der Waals surface area contributed by atoms with Gasteiger partial charge in [-0.05, 0) is 12.8 Å². The molecule has 0 aromatic rings. The molecular formula is C6H9NOS. The van der Waals surface area contributed by atoms with Gasteiger partial charge in [-0.2, -0.15) is 0 Å². The van der Waals surface area contributed by atoms with Crippen molar-refractivity contribution in [3.8, 4) is 0 Å². The van der Waals surface area contributed by atoms with E-state index in [4.69, 9.17) is 0 Å². The molecule has 0 spiro atoms. The van der Waals surface area contributed by atoms with Gasteiger partial charge in [0, 0.05) is 18.3 Å². The number of carbonyl (C=O) groups is 1. The molecular weight excluding hydrogens is 134 g/mol. The van der Waals surface area contributed by atoms with E-state index < -0.39 is 0 Å². The van der Waals surface area contributed by atoms with Gasteiger partial charge in [0.15, 0.2) is 0 Å². The van der Waals surface area contributed by atoms with Gasteiger partial charge in [0.05, 0.1) is 0 Å². The Balaban J connectivity index is 2.15. The lowest BCUT2D eigenvalue weighted by molar-refractivity contribution is 0.227. The third-order valence-electron chi connectivity index (χ3n) is 2.01. The maximum Gasteiger partial charge on any atom is 0.281 e. The number of hydrogen-bond acceptors (Lipinski definition) is 2. The maximum absolute atomic E-state index is 10.9. The third-order valence-corrected chi connectivity index (χ3v) is 3.04. The normalized spacial score (nSPS) is 33.6. The van der Waals surface area contributed by atoms with Crippen LogP contribution in [0.1, 0.15) is 12.8 Å².